The Labute approximate surface area is 86.7 Å². The number of carboxylic acid groups (broad SMARTS) is 2. The molecular formula is C8H12ClNO4. The van der Waals surface area contributed by atoms with Crippen LogP contribution in [-0.2, 0) is 9.59 Å². The van der Waals surface area contributed by atoms with Gasteiger partial charge in [-0.2, -0.15) is 0 Å². The summed E-state index contributed by atoms with van der Waals surface area (Å²) in [5.74, 6) is -2.51. The van der Waals surface area contributed by atoms with E-state index < -0.39 is 23.4 Å². The zero-order chi connectivity index (χ0) is 9.80. The molecule has 0 amide bonds. The molecule has 0 spiro atoms. The maximum Gasteiger partial charge on any atom is 0.365 e. The van der Waals surface area contributed by atoms with Gasteiger partial charge in [-0.25, -0.2) is 4.79 Å². The Balaban J connectivity index is 0.000000980. The van der Waals surface area contributed by atoms with Crippen molar-refractivity contribution in [3.63, 3.8) is 0 Å². The number of halogens is 1. The molecule has 3 aliphatic rings. The molecule has 0 saturated heterocycles. The highest BCUT2D eigenvalue weighted by Crippen LogP contribution is 2.57. The average Bonchev–Trinajstić information content (AvgIpc) is 2.38. The fourth-order valence-corrected chi connectivity index (χ4v) is 2.77. The fraction of sp³-hybridized carbons (Fsp3) is 0.750. The largest absolute Gasteiger partial charge is 1.00 e. The average molecular weight is 222 g/mol. The predicted molar refractivity (Wildman–Crippen MR) is 40.6 cm³/mol. The van der Waals surface area contributed by atoms with Gasteiger partial charge in [0.05, 0.1) is 5.92 Å². The third kappa shape index (κ3) is 1.12. The van der Waals surface area contributed by atoms with E-state index in [1.54, 1.807) is 0 Å². The number of rotatable bonds is 2. The summed E-state index contributed by atoms with van der Waals surface area (Å²) in [5, 5.41) is 17.7. The first kappa shape index (κ1) is 11.3. The minimum absolute atomic E-state index is 0. The van der Waals surface area contributed by atoms with Crippen LogP contribution >= 0.6 is 0 Å². The first-order valence-corrected chi connectivity index (χ1v) is 4.28. The Bertz CT molecular complexity index is 295. The highest BCUT2D eigenvalue weighted by molar-refractivity contribution is 5.82. The van der Waals surface area contributed by atoms with Gasteiger partial charge in [0.15, 0.2) is 5.54 Å². The zero-order valence-electron chi connectivity index (χ0n) is 7.44. The van der Waals surface area contributed by atoms with E-state index in [1.165, 1.54) is 0 Å². The highest BCUT2D eigenvalue weighted by atomic mass is 35.5. The zero-order valence-corrected chi connectivity index (χ0v) is 8.20. The number of quaternary nitrogens is 1. The SMILES string of the molecule is [Cl-].[NH3+][C@@]1(C(=O)O)C[C@H]2C[C@@H]1[C@H]2C(=O)O. The van der Waals surface area contributed by atoms with E-state index in [2.05, 4.69) is 5.73 Å². The van der Waals surface area contributed by atoms with Crippen molar-refractivity contribution < 1.29 is 37.9 Å². The Morgan fingerprint density at radius 2 is 1.93 bits per heavy atom. The van der Waals surface area contributed by atoms with Gasteiger partial charge in [-0.15, -0.1) is 0 Å². The number of aliphatic carboxylic acids is 2. The van der Waals surface area contributed by atoms with Crippen LogP contribution in [0.15, 0.2) is 0 Å². The third-order valence-corrected chi connectivity index (χ3v) is 3.55. The van der Waals surface area contributed by atoms with Crippen molar-refractivity contribution in [2.24, 2.45) is 17.8 Å². The van der Waals surface area contributed by atoms with Crippen molar-refractivity contribution in [1.82, 2.24) is 0 Å². The molecule has 3 saturated carbocycles. The van der Waals surface area contributed by atoms with Crippen molar-refractivity contribution in [2.45, 2.75) is 18.4 Å². The monoisotopic (exact) mass is 221 g/mol. The topological polar surface area (TPSA) is 102 Å². The molecule has 5 nitrogen and oxygen atoms in total. The van der Waals surface area contributed by atoms with Gasteiger partial charge < -0.3 is 28.4 Å². The van der Waals surface area contributed by atoms with Crippen molar-refractivity contribution in [3.8, 4) is 0 Å². The summed E-state index contributed by atoms with van der Waals surface area (Å²) in [6.45, 7) is 0. The van der Waals surface area contributed by atoms with Crippen molar-refractivity contribution in [1.29, 1.82) is 0 Å². The molecule has 0 unspecified atom stereocenters. The molecule has 0 aliphatic heterocycles. The summed E-state index contributed by atoms with van der Waals surface area (Å²) in [6, 6.07) is 0. The van der Waals surface area contributed by atoms with Crippen molar-refractivity contribution in [3.05, 3.63) is 0 Å². The second kappa shape index (κ2) is 3.10. The van der Waals surface area contributed by atoms with Crippen LogP contribution in [0.5, 0.6) is 0 Å². The Morgan fingerprint density at radius 1 is 1.36 bits per heavy atom. The molecule has 0 aromatic rings. The first-order valence-electron chi connectivity index (χ1n) is 4.28. The second-order valence-corrected chi connectivity index (χ2v) is 4.13. The van der Waals surface area contributed by atoms with E-state index in [9.17, 15) is 9.59 Å². The van der Waals surface area contributed by atoms with E-state index in [4.69, 9.17) is 10.2 Å². The van der Waals surface area contributed by atoms with Gasteiger partial charge in [0.25, 0.3) is 0 Å². The number of hydrogen-bond acceptors (Lipinski definition) is 2. The van der Waals surface area contributed by atoms with Crippen molar-refractivity contribution >= 4 is 11.9 Å². The molecule has 3 fully saturated rings. The van der Waals surface area contributed by atoms with Crippen LogP contribution in [-0.4, -0.2) is 27.7 Å². The maximum atomic E-state index is 10.9. The predicted octanol–water partition coefficient (Wildman–Crippen LogP) is -4.20. The van der Waals surface area contributed by atoms with E-state index >= 15 is 0 Å². The highest BCUT2D eigenvalue weighted by Gasteiger charge is 2.69. The Kier molecular flexibility index (Phi) is 2.49. The van der Waals surface area contributed by atoms with E-state index in [0.29, 0.717) is 12.8 Å². The lowest BCUT2D eigenvalue weighted by atomic mass is 9.69. The van der Waals surface area contributed by atoms with E-state index in [0.717, 1.165) is 0 Å². The number of carboxylic acids is 2. The van der Waals surface area contributed by atoms with Gasteiger partial charge in [-0.1, -0.05) is 0 Å². The van der Waals surface area contributed by atoms with Gasteiger partial charge in [0, 0.05) is 12.3 Å². The quantitative estimate of drug-likeness (QED) is 0.440. The van der Waals surface area contributed by atoms with Crippen LogP contribution in [0.2, 0.25) is 0 Å². The van der Waals surface area contributed by atoms with Crippen molar-refractivity contribution in [2.75, 3.05) is 0 Å². The molecular weight excluding hydrogens is 210 g/mol. The minimum atomic E-state index is -1.03. The molecule has 14 heavy (non-hydrogen) atoms. The molecule has 0 aromatic carbocycles. The molecule has 2 bridgehead atoms. The summed E-state index contributed by atoms with van der Waals surface area (Å²) >= 11 is 0. The van der Waals surface area contributed by atoms with Crippen LogP contribution < -0.4 is 18.1 Å². The molecule has 5 N–H and O–H groups in total. The second-order valence-electron chi connectivity index (χ2n) is 4.13. The van der Waals surface area contributed by atoms with Crippen LogP contribution in [0.25, 0.3) is 0 Å². The lowest BCUT2D eigenvalue weighted by Gasteiger charge is -2.33. The minimum Gasteiger partial charge on any atom is -1.00 e. The molecule has 4 atom stereocenters. The van der Waals surface area contributed by atoms with E-state index in [-0.39, 0.29) is 24.2 Å². The lowest BCUT2D eigenvalue weighted by Crippen LogP contribution is -3.00. The third-order valence-electron chi connectivity index (χ3n) is 3.55. The number of fused-ring (bicyclic) bond motifs is 1. The summed E-state index contributed by atoms with van der Waals surface area (Å²) in [5.41, 5.74) is 2.63. The van der Waals surface area contributed by atoms with Crippen LogP contribution in [0, 0.1) is 17.8 Å². The van der Waals surface area contributed by atoms with Gasteiger partial charge in [0.2, 0.25) is 0 Å². The summed E-state index contributed by atoms with van der Waals surface area (Å²) < 4.78 is 0. The van der Waals surface area contributed by atoms with Gasteiger partial charge in [0.1, 0.15) is 0 Å². The normalized spacial score (nSPS) is 43.6. The Morgan fingerprint density at radius 3 is 2.21 bits per heavy atom. The van der Waals surface area contributed by atoms with Crippen LogP contribution in [0.3, 0.4) is 0 Å². The van der Waals surface area contributed by atoms with Crippen LogP contribution in [0.1, 0.15) is 12.8 Å². The molecule has 0 heterocycles. The molecule has 0 radical (unpaired) electrons. The first-order chi connectivity index (χ1) is 5.97. The lowest BCUT2D eigenvalue weighted by molar-refractivity contribution is -0.469. The molecule has 3 aliphatic carbocycles. The van der Waals surface area contributed by atoms with Crippen LogP contribution in [0.4, 0.5) is 0 Å². The molecule has 6 heteroatoms. The van der Waals surface area contributed by atoms with Gasteiger partial charge >= 0.3 is 11.9 Å². The van der Waals surface area contributed by atoms with Gasteiger partial charge in [-0.3, -0.25) is 4.79 Å². The molecule has 80 valence electrons. The fourth-order valence-electron chi connectivity index (χ4n) is 2.77. The summed E-state index contributed by atoms with van der Waals surface area (Å²) in [6.07, 6.45) is 1.14. The molecule has 3 rings (SSSR count). The number of hydrogen-bond donors (Lipinski definition) is 3. The summed E-state index contributed by atoms with van der Waals surface area (Å²) in [4.78, 5) is 21.6. The van der Waals surface area contributed by atoms with E-state index in [1.807, 2.05) is 0 Å². The smallest absolute Gasteiger partial charge is 0.365 e. The number of carbonyl (C=O) groups is 2. The molecule has 0 aromatic heterocycles. The van der Waals surface area contributed by atoms with Gasteiger partial charge in [-0.05, 0) is 12.3 Å². The Hall–Kier alpha value is -0.810. The summed E-state index contributed by atoms with van der Waals surface area (Å²) in [7, 11) is 0. The standard InChI is InChI=1S/C8H11NO4.ClH/c9-8(7(12)13)2-3-1-4(8)5(3)6(10)11;/h3-5H,1-2,9H2,(H,10,11)(H,12,13);1H/t3-,4-,5+,8+;/m1./s1. The maximum absolute atomic E-state index is 10.9.